The highest BCUT2D eigenvalue weighted by Gasteiger charge is 2.19. The van der Waals surface area contributed by atoms with Gasteiger partial charge in [-0.15, -0.1) is 0 Å². The van der Waals surface area contributed by atoms with Crippen LogP contribution in [-0.4, -0.2) is 61.6 Å². The van der Waals surface area contributed by atoms with Crippen molar-refractivity contribution in [1.29, 1.82) is 5.41 Å². The predicted octanol–water partition coefficient (Wildman–Crippen LogP) is 0.662. The smallest absolute Gasteiger partial charge is 0.274 e. The van der Waals surface area contributed by atoms with Crippen LogP contribution in [0.1, 0.15) is 31.5 Å². The maximum Gasteiger partial charge on any atom is 0.274 e. The zero-order chi connectivity index (χ0) is 28.9. The summed E-state index contributed by atoms with van der Waals surface area (Å²) >= 11 is 2.98. The number of hydrogen-bond acceptors (Lipinski definition) is 6. The second-order valence-electron chi connectivity index (χ2n) is 8.35. The normalized spacial score (nSPS) is 10.5. The SMILES string of the molecule is C=C(Br)C(=O)Nc1cc(C(=O)Nc2cc(C(=O)Nc3cc(C(=O)NCCNC(=N)N)n(C)c3)n(C)c2)n(C)n1. The third kappa shape index (κ3) is 7.35. The molecule has 3 aromatic rings. The molecule has 4 amide bonds. The summed E-state index contributed by atoms with van der Waals surface area (Å²) in [5.74, 6) is -1.83. The van der Waals surface area contributed by atoms with Crippen molar-refractivity contribution in [3.63, 3.8) is 0 Å². The minimum Gasteiger partial charge on any atom is -0.370 e. The average molecular weight is 602 g/mol. The molecule has 0 atom stereocenters. The van der Waals surface area contributed by atoms with Crippen molar-refractivity contribution in [1.82, 2.24) is 29.5 Å². The molecule has 3 aromatic heterocycles. The molecule has 0 bridgehead atoms. The van der Waals surface area contributed by atoms with Gasteiger partial charge < -0.3 is 41.5 Å². The maximum atomic E-state index is 12.9. The van der Waals surface area contributed by atoms with Gasteiger partial charge in [0.25, 0.3) is 23.6 Å². The van der Waals surface area contributed by atoms with Crippen molar-refractivity contribution in [3.05, 3.63) is 58.7 Å². The largest absolute Gasteiger partial charge is 0.370 e. The summed E-state index contributed by atoms with van der Waals surface area (Å²) in [5.41, 5.74) is 6.72. The lowest BCUT2D eigenvalue weighted by atomic mass is 10.3. The molecule has 0 saturated heterocycles. The minimum atomic E-state index is -0.502. The van der Waals surface area contributed by atoms with E-state index in [1.165, 1.54) is 22.9 Å². The van der Waals surface area contributed by atoms with Gasteiger partial charge >= 0.3 is 0 Å². The van der Waals surface area contributed by atoms with Gasteiger partial charge in [-0.05, 0) is 28.1 Å². The molecule has 0 spiro atoms. The number of halogens is 1. The van der Waals surface area contributed by atoms with Crippen LogP contribution in [0.2, 0.25) is 0 Å². The van der Waals surface area contributed by atoms with Gasteiger partial charge in [0.05, 0.1) is 15.9 Å². The van der Waals surface area contributed by atoms with Gasteiger partial charge in [0.2, 0.25) is 0 Å². The molecule has 0 fully saturated rings. The van der Waals surface area contributed by atoms with E-state index in [0.717, 1.165) is 0 Å². The molecule has 206 valence electrons. The van der Waals surface area contributed by atoms with Crippen LogP contribution in [0, 0.1) is 5.41 Å². The van der Waals surface area contributed by atoms with E-state index >= 15 is 0 Å². The number of anilines is 3. The standard InChI is InChI=1S/C23H28BrN11O4/c1-12(24)19(36)31-18-9-17(35(4)32-18)22(39)30-14-8-16(34(3)11-14)21(38)29-13-7-15(33(2)10-13)20(37)27-5-6-28-23(25)26/h7-11H,1,5-6H2,2-4H3,(H,27,37)(H,29,38)(H,30,39)(H4,25,26,28)(H,31,32,36). The van der Waals surface area contributed by atoms with E-state index < -0.39 is 17.7 Å². The molecule has 0 unspecified atom stereocenters. The van der Waals surface area contributed by atoms with Crippen LogP contribution in [0.3, 0.4) is 0 Å². The van der Waals surface area contributed by atoms with Crippen molar-refractivity contribution in [2.24, 2.45) is 26.9 Å². The fourth-order valence-electron chi connectivity index (χ4n) is 3.50. The van der Waals surface area contributed by atoms with Crippen molar-refractivity contribution < 1.29 is 19.2 Å². The number of amides is 4. The van der Waals surface area contributed by atoms with Gasteiger partial charge in [0, 0.05) is 52.7 Å². The van der Waals surface area contributed by atoms with Crippen molar-refractivity contribution in [3.8, 4) is 0 Å². The van der Waals surface area contributed by atoms with Crippen LogP contribution in [0.4, 0.5) is 17.2 Å². The second-order valence-corrected chi connectivity index (χ2v) is 9.31. The lowest BCUT2D eigenvalue weighted by Gasteiger charge is -2.06. The molecule has 0 radical (unpaired) electrons. The zero-order valence-electron chi connectivity index (χ0n) is 21.4. The Bertz CT molecular complexity index is 1470. The number of nitrogens with zero attached hydrogens (tertiary/aromatic N) is 4. The Labute approximate surface area is 231 Å². The minimum absolute atomic E-state index is 0.114. The number of hydrogen-bond donors (Lipinski definition) is 7. The Morgan fingerprint density at radius 1 is 0.872 bits per heavy atom. The molecule has 16 heteroatoms. The first kappa shape index (κ1) is 28.7. The molecule has 15 nitrogen and oxygen atoms in total. The van der Waals surface area contributed by atoms with Crippen LogP contribution in [0.5, 0.6) is 0 Å². The van der Waals surface area contributed by atoms with E-state index in [9.17, 15) is 19.2 Å². The summed E-state index contributed by atoms with van der Waals surface area (Å²) in [5, 5.41) is 24.4. The third-order valence-corrected chi connectivity index (χ3v) is 5.68. The van der Waals surface area contributed by atoms with Crippen LogP contribution in [0.25, 0.3) is 0 Å². The lowest BCUT2D eigenvalue weighted by molar-refractivity contribution is -0.112. The quantitative estimate of drug-likeness (QED) is 0.0763. The molecule has 3 heterocycles. The Hall–Kier alpha value is -4.86. The first-order valence-electron chi connectivity index (χ1n) is 11.4. The first-order valence-corrected chi connectivity index (χ1v) is 12.2. The van der Waals surface area contributed by atoms with Crippen LogP contribution in [-0.2, 0) is 25.9 Å². The first-order chi connectivity index (χ1) is 18.3. The van der Waals surface area contributed by atoms with Crippen LogP contribution < -0.4 is 32.3 Å². The van der Waals surface area contributed by atoms with Gasteiger partial charge in [0.15, 0.2) is 11.8 Å². The molecule has 0 saturated carbocycles. The average Bonchev–Trinajstić information content (AvgIpc) is 3.52. The number of guanidine groups is 1. The number of carbonyl (C=O) groups excluding carboxylic acids is 4. The highest BCUT2D eigenvalue weighted by molar-refractivity contribution is 9.12. The zero-order valence-corrected chi connectivity index (χ0v) is 23.0. The summed E-state index contributed by atoms with van der Waals surface area (Å²) in [4.78, 5) is 49.9. The Morgan fingerprint density at radius 2 is 1.38 bits per heavy atom. The fourth-order valence-corrected chi connectivity index (χ4v) is 3.60. The number of aromatic nitrogens is 4. The third-order valence-electron chi connectivity index (χ3n) is 5.32. The Balaban J connectivity index is 1.64. The van der Waals surface area contributed by atoms with Crippen molar-refractivity contribution in [2.75, 3.05) is 29.0 Å². The van der Waals surface area contributed by atoms with Gasteiger partial charge in [-0.1, -0.05) is 6.58 Å². The molecule has 3 rings (SSSR count). The summed E-state index contributed by atoms with van der Waals surface area (Å²) < 4.78 is 4.53. The monoisotopic (exact) mass is 601 g/mol. The van der Waals surface area contributed by atoms with E-state index in [4.69, 9.17) is 11.1 Å². The fraction of sp³-hybridized carbons (Fsp3) is 0.217. The molecular formula is C23H28BrN11O4. The van der Waals surface area contributed by atoms with E-state index in [0.29, 0.717) is 23.6 Å². The van der Waals surface area contributed by atoms with Crippen molar-refractivity contribution >= 4 is 62.7 Å². The summed E-state index contributed by atoms with van der Waals surface area (Å²) in [6.45, 7) is 4.03. The van der Waals surface area contributed by atoms with Gasteiger partial charge in [-0.2, -0.15) is 5.10 Å². The molecule has 0 aliphatic heterocycles. The predicted molar refractivity (Wildman–Crippen MR) is 149 cm³/mol. The molecule has 0 aliphatic rings. The number of carbonyl (C=O) groups is 4. The highest BCUT2D eigenvalue weighted by Crippen LogP contribution is 2.19. The van der Waals surface area contributed by atoms with Gasteiger partial charge in [-0.3, -0.25) is 29.3 Å². The van der Waals surface area contributed by atoms with Crippen LogP contribution >= 0.6 is 15.9 Å². The number of nitrogens with two attached hydrogens (primary N) is 1. The van der Waals surface area contributed by atoms with Gasteiger partial charge in [0.1, 0.15) is 17.1 Å². The van der Waals surface area contributed by atoms with E-state index in [-0.39, 0.29) is 40.1 Å². The van der Waals surface area contributed by atoms with Crippen molar-refractivity contribution in [2.45, 2.75) is 0 Å². The topological polar surface area (TPSA) is 206 Å². The molecule has 8 N–H and O–H groups in total. The number of nitrogens with one attached hydrogen (secondary N) is 6. The summed E-state index contributed by atoms with van der Waals surface area (Å²) in [7, 11) is 4.86. The summed E-state index contributed by atoms with van der Waals surface area (Å²) in [6.07, 6.45) is 3.16. The maximum absolute atomic E-state index is 12.9. The lowest BCUT2D eigenvalue weighted by Crippen LogP contribution is -2.38. The Morgan fingerprint density at radius 3 is 1.92 bits per heavy atom. The Kier molecular flexibility index (Phi) is 8.92. The number of aryl methyl sites for hydroxylation is 3. The highest BCUT2D eigenvalue weighted by atomic mass is 79.9. The van der Waals surface area contributed by atoms with E-state index in [1.54, 1.807) is 42.7 Å². The second kappa shape index (κ2) is 12.1. The summed E-state index contributed by atoms with van der Waals surface area (Å²) in [6, 6.07) is 4.43. The molecule has 39 heavy (non-hydrogen) atoms. The van der Waals surface area contributed by atoms with Gasteiger partial charge in [-0.25, -0.2) is 0 Å². The van der Waals surface area contributed by atoms with E-state index in [2.05, 4.69) is 54.2 Å². The molecule has 0 aliphatic carbocycles. The van der Waals surface area contributed by atoms with E-state index in [1.807, 2.05) is 0 Å². The molecular weight excluding hydrogens is 574 g/mol. The van der Waals surface area contributed by atoms with Crippen LogP contribution in [0.15, 0.2) is 41.7 Å². The number of rotatable bonds is 10. The molecule has 0 aromatic carbocycles.